The highest BCUT2D eigenvalue weighted by Gasteiger charge is 2.19. The average molecular weight is 230 g/mol. The Morgan fingerprint density at radius 2 is 2.06 bits per heavy atom. The van der Waals surface area contributed by atoms with Gasteiger partial charge in [0.25, 0.3) is 0 Å². The molecular formula is C14H14O3. The minimum absolute atomic E-state index is 0.188. The lowest BCUT2D eigenvalue weighted by atomic mass is 10.1. The Balaban J connectivity index is 2.10. The fourth-order valence-electron chi connectivity index (χ4n) is 1.60. The third-order valence-electron chi connectivity index (χ3n) is 2.49. The zero-order valence-electron chi connectivity index (χ0n) is 9.63. The summed E-state index contributed by atoms with van der Waals surface area (Å²) in [6.45, 7) is 0. The van der Waals surface area contributed by atoms with E-state index in [-0.39, 0.29) is 18.5 Å². The zero-order valence-corrected chi connectivity index (χ0v) is 9.63. The van der Waals surface area contributed by atoms with E-state index in [1.165, 1.54) is 0 Å². The van der Waals surface area contributed by atoms with Crippen LogP contribution in [0.5, 0.6) is 0 Å². The molecule has 1 aromatic rings. The van der Waals surface area contributed by atoms with Gasteiger partial charge in [-0.2, -0.15) is 0 Å². The number of carbonyl (C=O) groups excluding carboxylic acids is 1. The number of esters is 1. The van der Waals surface area contributed by atoms with E-state index in [4.69, 9.17) is 9.47 Å². The van der Waals surface area contributed by atoms with Crippen LogP contribution in [0.1, 0.15) is 12.0 Å². The molecule has 0 spiro atoms. The van der Waals surface area contributed by atoms with E-state index in [9.17, 15) is 4.79 Å². The zero-order chi connectivity index (χ0) is 12.1. The van der Waals surface area contributed by atoms with Gasteiger partial charge in [-0.25, -0.2) is 0 Å². The first kappa shape index (κ1) is 11.6. The van der Waals surface area contributed by atoms with Gasteiger partial charge in [-0.1, -0.05) is 36.4 Å². The highest BCUT2D eigenvalue weighted by Crippen LogP contribution is 2.16. The SMILES string of the molecule is CO[C@@H]1C=C(C=Cc2ccccc2)OC(=O)C1. The smallest absolute Gasteiger partial charge is 0.314 e. The molecule has 1 aromatic carbocycles. The fourth-order valence-corrected chi connectivity index (χ4v) is 1.60. The number of cyclic esters (lactones) is 1. The molecule has 0 bridgehead atoms. The molecule has 0 saturated carbocycles. The van der Waals surface area contributed by atoms with E-state index in [1.54, 1.807) is 19.3 Å². The average Bonchev–Trinajstić information content (AvgIpc) is 2.37. The lowest BCUT2D eigenvalue weighted by Gasteiger charge is -2.17. The van der Waals surface area contributed by atoms with Crippen molar-refractivity contribution >= 4 is 12.0 Å². The maximum Gasteiger partial charge on any atom is 0.314 e. The summed E-state index contributed by atoms with van der Waals surface area (Å²) in [4.78, 5) is 11.3. The van der Waals surface area contributed by atoms with Crippen molar-refractivity contribution in [1.29, 1.82) is 0 Å². The lowest BCUT2D eigenvalue weighted by molar-refractivity contribution is -0.142. The van der Waals surface area contributed by atoms with Crippen molar-refractivity contribution in [3.8, 4) is 0 Å². The number of benzene rings is 1. The summed E-state index contributed by atoms with van der Waals surface area (Å²) in [6, 6.07) is 9.83. The summed E-state index contributed by atoms with van der Waals surface area (Å²) >= 11 is 0. The topological polar surface area (TPSA) is 35.5 Å². The molecule has 0 fully saturated rings. The van der Waals surface area contributed by atoms with Crippen molar-refractivity contribution in [3.63, 3.8) is 0 Å². The van der Waals surface area contributed by atoms with E-state index in [0.717, 1.165) is 5.56 Å². The van der Waals surface area contributed by atoms with Crippen molar-refractivity contribution in [3.05, 3.63) is 53.8 Å². The highest BCUT2D eigenvalue weighted by atomic mass is 16.5. The summed E-state index contributed by atoms with van der Waals surface area (Å²) < 4.78 is 10.2. The van der Waals surface area contributed by atoms with Crippen LogP contribution in [0.2, 0.25) is 0 Å². The molecule has 1 heterocycles. The Hall–Kier alpha value is -1.87. The minimum Gasteiger partial charge on any atom is -0.427 e. The Bertz CT molecular complexity index is 446. The van der Waals surface area contributed by atoms with Gasteiger partial charge in [-0.3, -0.25) is 4.79 Å². The summed E-state index contributed by atoms with van der Waals surface area (Å²) in [7, 11) is 1.58. The number of methoxy groups -OCH3 is 1. The molecule has 1 atom stereocenters. The number of hydrogen-bond donors (Lipinski definition) is 0. The molecule has 2 rings (SSSR count). The van der Waals surface area contributed by atoms with Crippen molar-refractivity contribution < 1.29 is 14.3 Å². The molecule has 0 N–H and O–H groups in total. The number of hydrogen-bond acceptors (Lipinski definition) is 3. The van der Waals surface area contributed by atoms with E-state index in [1.807, 2.05) is 36.4 Å². The predicted octanol–water partition coefficient (Wildman–Crippen LogP) is 2.55. The summed E-state index contributed by atoms with van der Waals surface area (Å²) in [5.41, 5.74) is 1.06. The van der Waals surface area contributed by atoms with Crippen LogP contribution in [-0.4, -0.2) is 19.2 Å². The molecule has 1 aliphatic rings. The third-order valence-corrected chi connectivity index (χ3v) is 2.49. The Kier molecular flexibility index (Phi) is 3.73. The van der Waals surface area contributed by atoms with Gasteiger partial charge in [0.1, 0.15) is 5.76 Å². The molecule has 3 nitrogen and oxygen atoms in total. The van der Waals surface area contributed by atoms with E-state index >= 15 is 0 Å². The van der Waals surface area contributed by atoms with Gasteiger partial charge in [0.15, 0.2) is 0 Å². The second kappa shape index (κ2) is 5.46. The van der Waals surface area contributed by atoms with Crippen molar-refractivity contribution in [2.75, 3.05) is 7.11 Å². The van der Waals surface area contributed by atoms with Gasteiger partial charge in [0, 0.05) is 7.11 Å². The van der Waals surface area contributed by atoms with Crippen LogP contribution < -0.4 is 0 Å². The third kappa shape index (κ3) is 3.29. The predicted molar refractivity (Wildman–Crippen MR) is 65.1 cm³/mol. The Morgan fingerprint density at radius 1 is 1.29 bits per heavy atom. The molecular weight excluding hydrogens is 216 g/mol. The highest BCUT2D eigenvalue weighted by molar-refractivity contribution is 5.73. The maximum absolute atomic E-state index is 11.3. The largest absolute Gasteiger partial charge is 0.427 e. The second-order valence-electron chi connectivity index (χ2n) is 3.77. The van der Waals surface area contributed by atoms with E-state index < -0.39 is 0 Å². The van der Waals surface area contributed by atoms with Crippen molar-refractivity contribution in [1.82, 2.24) is 0 Å². The van der Waals surface area contributed by atoms with Crippen molar-refractivity contribution in [2.45, 2.75) is 12.5 Å². The lowest BCUT2D eigenvalue weighted by Crippen LogP contribution is -2.21. The second-order valence-corrected chi connectivity index (χ2v) is 3.77. The first-order valence-corrected chi connectivity index (χ1v) is 5.46. The van der Waals surface area contributed by atoms with Crippen LogP contribution in [0.3, 0.4) is 0 Å². The monoisotopic (exact) mass is 230 g/mol. The standard InChI is InChI=1S/C14H14O3/c1-16-13-9-12(17-14(15)10-13)8-7-11-5-3-2-4-6-11/h2-9,13H,10H2,1H3/t13-/m1/s1. The minimum atomic E-state index is -0.257. The first-order chi connectivity index (χ1) is 8.28. The number of rotatable bonds is 3. The normalized spacial score (nSPS) is 20.2. The molecule has 0 amide bonds. The fraction of sp³-hybridized carbons (Fsp3) is 0.214. The molecule has 0 aromatic heterocycles. The van der Waals surface area contributed by atoms with Crippen LogP contribution in [0.15, 0.2) is 48.2 Å². The number of ether oxygens (including phenoxy) is 2. The molecule has 17 heavy (non-hydrogen) atoms. The van der Waals surface area contributed by atoms with Gasteiger partial charge in [0.2, 0.25) is 0 Å². The summed E-state index contributed by atoms with van der Waals surface area (Å²) in [6.07, 6.45) is 5.57. The van der Waals surface area contributed by atoms with Crippen LogP contribution >= 0.6 is 0 Å². The van der Waals surface area contributed by atoms with Gasteiger partial charge >= 0.3 is 5.97 Å². The molecule has 1 aliphatic heterocycles. The summed E-state index contributed by atoms with van der Waals surface area (Å²) in [5.74, 6) is 0.281. The van der Waals surface area contributed by atoms with Gasteiger partial charge < -0.3 is 9.47 Å². The summed E-state index contributed by atoms with van der Waals surface area (Å²) in [5, 5.41) is 0. The molecule has 0 unspecified atom stereocenters. The van der Waals surface area contributed by atoms with Crippen LogP contribution in [0.4, 0.5) is 0 Å². The molecule has 3 heteroatoms. The maximum atomic E-state index is 11.3. The molecule has 0 aliphatic carbocycles. The Labute approximate surface area is 100 Å². The first-order valence-electron chi connectivity index (χ1n) is 5.46. The molecule has 88 valence electrons. The van der Waals surface area contributed by atoms with E-state index in [2.05, 4.69) is 0 Å². The van der Waals surface area contributed by atoms with Crippen LogP contribution in [0.25, 0.3) is 6.08 Å². The molecule has 0 radical (unpaired) electrons. The van der Waals surface area contributed by atoms with Crippen molar-refractivity contribution in [2.24, 2.45) is 0 Å². The van der Waals surface area contributed by atoms with E-state index in [0.29, 0.717) is 5.76 Å². The Morgan fingerprint density at radius 3 is 2.76 bits per heavy atom. The van der Waals surface area contributed by atoms with Gasteiger partial charge in [-0.15, -0.1) is 0 Å². The number of carbonyl (C=O) groups is 1. The van der Waals surface area contributed by atoms with Gasteiger partial charge in [0.05, 0.1) is 12.5 Å². The van der Waals surface area contributed by atoms with Gasteiger partial charge in [-0.05, 0) is 17.7 Å². The molecule has 0 saturated heterocycles. The van der Waals surface area contributed by atoms with Crippen LogP contribution in [0, 0.1) is 0 Å². The number of allylic oxidation sites excluding steroid dienone is 1. The quantitative estimate of drug-likeness (QED) is 0.748. The van der Waals surface area contributed by atoms with Crippen LogP contribution in [-0.2, 0) is 14.3 Å².